The van der Waals surface area contributed by atoms with Gasteiger partial charge in [-0.3, -0.25) is 19.7 Å². The van der Waals surface area contributed by atoms with E-state index in [4.69, 9.17) is 5.73 Å². The molecule has 0 spiro atoms. The predicted molar refractivity (Wildman–Crippen MR) is 103 cm³/mol. The quantitative estimate of drug-likeness (QED) is 0.678. The Morgan fingerprint density at radius 1 is 1.17 bits per heavy atom. The molecule has 3 heterocycles. The first-order valence-electron chi connectivity index (χ1n) is 9.18. The summed E-state index contributed by atoms with van der Waals surface area (Å²) in [6.45, 7) is 1.82. The maximum absolute atomic E-state index is 12.3. The molecular weight excluding hydrogens is 399 g/mol. The Labute approximate surface area is 169 Å². The van der Waals surface area contributed by atoms with Crippen LogP contribution in [0.15, 0.2) is 47.4 Å². The van der Waals surface area contributed by atoms with Crippen molar-refractivity contribution in [1.82, 2.24) is 19.9 Å². The molecule has 0 bridgehead atoms. The van der Waals surface area contributed by atoms with E-state index in [1.54, 1.807) is 6.20 Å². The highest BCUT2D eigenvalue weighted by Crippen LogP contribution is 2.26. The van der Waals surface area contributed by atoms with Gasteiger partial charge in [-0.2, -0.15) is 0 Å². The van der Waals surface area contributed by atoms with Crippen LogP contribution in [-0.4, -0.2) is 32.8 Å². The third-order valence-electron chi connectivity index (χ3n) is 4.78. The molecule has 1 aromatic carbocycles. The molecule has 7 nitrogen and oxygen atoms in total. The SMILES string of the molecule is Nc1nc2c(c(=O)[nH]1)CN(Cc1ccc(-c3ccc(OC(F)(F)F)cc3)nc1)CC2. The first-order chi connectivity index (χ1) is 14.3. The molecule has 1 aliphatic heterocycles. The van der Waals surface area contributed by atoms with Crippen molar-refractivity contribution in [2.45, 2.75) is 25.9 Å². The van der Waals surface area contributed by atoms with Crippen molar-refractivity contribution in [1.29, 1.82) is 0 Å². The van der Waals surface area contributed by atoms with Gasteiger partial charge in [0.15, 0.2) is 0 Å². The van der Waals surface area contributed by atoms with Gasteiger partial charge in [0, 0.05) is 37.8 Å². The van der Waals surface area contributed by atoms with Crippen molar-refractivity contribution in [2.75, 3.05) is 12.3 Å². The van der Waals surface area contributed by atoms with Crippen molar-refractivity contribution in [3.05, 3.63) is 69.8 Å². The molecule has 0 radical (unpaired) electrons. The van der Waals surface area contributed by atoms with Gasteiger partial charge in [-0.05, 0) is 35.9 Å². The lowest BCUT2D eigenvalue weighted by Gasteiger charge is -2.27. The molecule has 0 unspecified atom stereocenters. The van der Waals surface area contributed by atoms with Crippen LogP contribution in [-0.2, 0) is 19.5 Å². The Morgan fingerprint density at radius 2 is 1.93 bits per heavy atom. The van der Waals surface area contributed by atoms with Crippen LogP contribution in [0.4, 0.5) is 19.1 Å². The standard InChI is InChI=1S/C20H18F3N5O2/c21-20(22,23)30-14-4-2-13(3-5-14)16-6-1-12(9-25-16)10-28-8-7-17-15(11-28)18(29)27-19(24)26-17/h1-6,9H,7-8,10-11H2,(H3,24,26,27,29). The third-order valence-corrected chi connectivity index (χ3v) is 4.78. The number of nitrogens with two attached hydrogens (primary N) is 1. The fourth-order valence-corrected chi connectivity index (χ4v) is 3.41. The first-order valence-corrected chi connectivity index (χ1v) is 9.18. The number of pyridine rings is 1. The number of ether oxygens (including phenoxy) is 1. The molecule has 1 aliphatic rings. The third kappa shape index (κ3) is 4.60. The van der Waals surface area contributed by atoms with Gasteiger partial charge in [-0.25, -0.2) is 4.98 Å². The van der Waals surface area contributed by atoms with E-state index < -0.39 is 6.36 Å². The summed E-state index contributed by atoms with van der Waals surface area (Å²) in [7, 11) is 0. The molecule has 3 N–H and O–H groups in total. The molecule has 156 valence electrons. The zero-order valence-electron chi connectivity index (χ0n) is 15.7. The summed E-state index contributed by atoms with van der Waals surface area (Å²) in [5, 5.41) is 0. The van der Waals surface area contributed by atoms with E-state index in [1.165, 1.54) is 24.3 Å². The zero-order valence-corrected chi connectivity index (χ0v) is 15.7. The second kappa shape index (κ2) is 7.79. The summed E-state index contributed by atoms with van der Waals surface area (Å²) in [6.07, 6.45) is -2.36. The van der Waals surface area contributed by atoms with Crippen molar-refractivity contribution < 1.29 is 17.9 Å². The van der Waals surface area contributed by atoms with Crippen LogP contribution in [0.3, 0.4) is 0 Å². The van der Waals surface area contributed by atoms with Crippen molar-refractivity contribution in [3.63, 3.8) is 0 Å². The van der Waals surface area contributed by atoms with E-state index in [2.05, 4.69) is 24.6 Å². The number of halogens is 3. The Balaban J connectivity index is 1.42. The minimum absolute atomic E-state index is 0.130. The van der Waals surface area contributed by atoms with Crippen LogP contribution in [0.1, 0.15) is 16.8 Å². The average molecular weight is 417 g/mol. The van der Waals surface area contributed by atoms with Crippen molar-refractivity contribution in [2.24, 2.45) is 0 Å². The summed E-state index contributed by atoms with van der Waals surface area (Å²) in [5.41, 5.74) is 9.01. The normalized spacial score (nSPS) is 14.4. The van der Waals surface area contributed by atoms with Crippen molar-refractivity contribution >= 4 is 5.95 Å². The monoisotopic (exact) mass is 417 g/mol. The number of alkyl halides is 3. The molecule has 0 fully saturated rings. The fourth-order valence-electron chi connectivity index (χ4n) is 3.41. The number of nitrogens with zero attached hydrogens (tertiary/aromatic N) is 3. The number of benzene rings is 1. The molecule has 4 rings (SSSR count). The van der Waals surface area contributed by atoms with Gasteiger partial charge < -0.3 is 10.5 Å². The van der Waals surface area contributed by atoms with E-state index in [9.17, 15) is 18.0 Å². The second-order valence-corrected chi connectivity index (χ2v) is 6.96. The van der Waals surface area contributed by atoms with Gasteiger partial charge in [0.05, 0.1) is 17.0 Å². The van der Waals surface area contributed by atoms with E-state index in [0.717, 1.165) is 17.8 Å². The predicted octanol–water partition coefficient (Wildman–Crippen LogP) is 2.87. The summed E-state index contributed by atoms with van der Waals surface area (Å²) in [6, 6.07) is 9.26. The van der Waals surface area contributed by atoms with Gasteiger partial charge in [-0.1, -0.05) is 6.07 Å². The molecule has 2 aromatic heterocycles. The number of hydrogen-bond donors (Lipinski definition) is 2. The Hall–Kier alpha value is -3.40. The summed E-state index contributed by atoms with van der Waals surface area (Å²) in [4.78, 5) is 25.3. The van der Waals surface area contributed by atoms with Gasteiger partial charge in [0.1, 0.15) is 5.75 Å². The number of aromatic nitrogens is 3. The summed E-state index contributed by atoms with van der Waals surface area (Å²) < 4.78 is 40.6. The lowest BCUT2D eigenvalue weighted by Crippen LogP contribution is -2.35. The largest absolute Gasteiger partial charge is 0.573 e. The Bertz CT molecular complexity index is 1100. The number of anilines is 1. The van der Waals surface area contributed by atoms with Gasteiger partial charge >= 0.3 is 6.36 Å². The first kappa shape index (κ1) is 19.9. The second-order valence-electron chi connectivity index (χ2n) is 6.96. The van der Waals surface area contributed by atoms with Crippen LogP contribution < -0.4 is 16.0 Å². The van der Waals surface area contributed by atoms with Crippen molar-refractivity contribution in [3.8, 4) is 17.0 Å². The minimum Gasteiger partial charge on any atom is -0.406 e. The molecule has 30 heavy (non-hydrogen) atoms. The number of nitrogens with one attached hydrogen (secondary N) is 1. The molecule has 10 heteroatoms. The summed E-state index contributed by atoms with van der Waals surface area (Å²) in [5.74, 6) is -0.149. The molecule has 0 aliphatic carbocycles. The molecule has 3 aromatic rings. The summed E-state index contributed by atoms with van der Waals surface area (Å²) >= 11 is 0. The van der Waals surface area contributed by atoms with Gasteiger partial charge in [-0.15, -0.1) is 13.2 Å². The van der Waals surface area contributed by atoms with E-state index in [-0.39, 0.29) is 17.3 Å². The number of fused-ring (bicyclic) bond motifs is 1. The van der Waals surface area contributed by atoms with Gasteiger partial charge in [0.25, 0.3) is 5.56 Å². The molecule has 0 saturated carbocycles. The Morgan fingerprint density at radius 3 is 2.60 bits per heavy atom. The number of aromatic amines is 1. The number of hydrogen-bond acceptors (Lipinski definition) is 6. The van der Waals surface area contributed by atoms with E-state index in [0.29, 0.717) is 36.3 Å². The number of rotatable bonds is 4. The minimum atomic E-state index is -4.72. The highest BCUT2D eigenvalue weighted by atomic mass is 19.4. The lowest BCUT2D eigenvalue weighted by molar-refractivity contribution is -0.274. The highest BCUT2D eigenvalue weighted by Gasteiger charge is 2.31. The lowest BCUT2D eigenvalue weighted by atomic mass is 10.1. The topological polar surface area (TPSA) is 97.1 Å². The fraction of sp³-hybridized carbons (Fsp3) is 0.250. The molecule has 0 atom stereocenters. The van der Waals surface area contributed by atoms with Crippen LogP contribution in [0.25, 0.3) is 11.3 Å². The maximum atomic E-state index is 12.3. The molecule has 0 saturated heterocycles. The van der Waals surface area contributed by atoms with Crippen LogP contribution in [0, 0.1) is 0 Å². The zero-order chi connectivity index (χ0) is 21.3. The number of H-pyrrole nitrogens is 1. The van der Waals surface area contributed by atoms with Gasteiger partial charge in [0.2, 0.25) is 5.95 Å². The van der Waals surface area contributed by atoms with E-state index in [1.807, 2.05) is 12.1 Å². The van der Waals surface area contributed by atoms with Crippen LogP contribution in [0.5, 0.6) is 5.75 Å². The van der Waals surface area contributed by atoms with E-state index >= 15 is 0 Å². The maximum Gasteiger partial charge on any atom is 0.573 e. The highest BCUT2D eigenvalue weighted by molar-refractivity contribution is 5.60. The number of nitrogen functional groups attached to an aromatic ring is 1. The molecular formula is C20H18F3N5O2. The molecule has 0 amide bonds. The smallest absolute Gasteiger partial charge is 0.406 e. The average Bonchev–Trinajstić information content (AvgIpc) is 2.68. The van der Waals surface area contributed by atoms with Crippen LogP contribution >= 0.6 is 0 Å². The van der Waals surface area contributed by atoms with Crippen LogP contribution in [0.2, 0.25) is 0 Å². The Kier molecular flexibility index (Phi) is 5.17.